The maximum absolute atomic E-state index is 12.3. The predicted molar refractivity (Wildman–Crippen MR) is 46.2 cm³/mol. The largest absolute Gasteiger partial charge is 0.435 e. The van der Waals surface area contributed by atoms with Crippen LogP contribution in [0.2, 0.25) is 0 Å². The molecule has 1 aliphatic heterocycles. The second-order valence-corrected chi connectivity index (χ2v) is 2.95. The molecule has 0 atom stereocenters. The average molecular weight is 228 g/mol. The summed E-state index contributed by atoms with van der Waals surface area (Å²) in [5, 5.41) is 8.58. The molecule has 0 aliphatic carbocycles. The molecule has 1 aromatic heterocycles. The lowest BCUT2D eigenvalue weighted by molar-refractivity contribution is -0.141. The highest BCUT2D eigenvalue weighted by Gasteiger charge is 2.38. The molecule has 0 aromatic carbocycles. The summed E-state index contributed by atoms with van der Waals surface area (Å²) in [6.45, 7) is 0.952. The van der Waals surface area contributed by atoms with E-state index in [-0.39, 0.29) is 24.5 Å². The van der Waals surface area contributed by atoms with E-state index in [0.29, 0.717) is 18.7 Å². The van der Waals surface area contributed by atoms with Crippen molar-refractivity contribution < 1.29 is 13.2 Å². The molecule has 2 rings (SSSR count). The molecule has 0 unspecified atom stereocenters. The SMILES string of the molecule is Cl.FC(F)(F)c1n[nH]c2c1CNCC2. The van der Waals surface area contributed by atoms with Crippen molar-refractivity contribution in [1.29, 1.82) is 0 Å². The molecule has 1 aromatic rings. The first-order valence-electron chi connectivity index (χ1n) is 3.93. The van der Waals surface area contributed by atoms with E-state index in [1.54, 1.807) is 0 Å². The van der Waals surface area contributed by atoms with Gasteiger partial charge in [-0.2, -0.15) is 18.3 Å². The molecule has 0 saturated carbocycles. The van der Waals surface area contributed by atoms with Crippen molar-refractivity contribution in [2.24, 2.45) is 0 Å². The average Bonchev–Trinajstić information content (AvgIpc) is 2.45. The Kier molecular flexibility index (Phi) is 3.06. The molecular formula is C7H9ClF3N3. The number of rotatable bonds is 0. The van der Waals surface area contributed by atoms with Gasteiger partial charge in [-0.1, -0.05) is 0 Å². The molecule has 2 heterocycles. The molecule has 80 valence electrons. The number of nitrogens with one attached hydrogen (secondary N) is 2. The number of aromatic amines is 1. The fourth-order valence-corrected chi connectivity index (χ4v) is 1.46. The van der Waals surface area contributed by atoms with Crippen LogP contribution in [0.25, 0.3) is 0 Å². The number of hydrogen-bond donors (Lipinski definition) is 2. The van der Waals surface area contributed by atoms with Crippen molar-refractivity contribution in [2.75, 3.05) is 6.54 Å². The van der Waals surface area contributed by atoms with Gasteiger partial charge in [-0.15, -0.1) is 12.4 Å². The Morgan fingerprint density at radius 1 is 1.29 bits per heavy atom. The zero-order valence-electron chi connectivity index (χ0n) is 7.11. The fraction of sp³-hybridized carbons (Fsp3) is 0.571. The Morgan fingerprint density at radius 2 is 2.00 bits per heavy atom. The van der Waals surface area contributed by atoms with Gasteiger partial charge in [0, 0.05) is 30.8 Å². The highest BCUT2D eigenvalue weighted by molar-refractivity contribution is 5.85. The van der Waals surface area contributed by atoms with Crippen LogP contribution >= 0.6 is 12.4 Å². The summed E-state index contributed by atoms with van der Waals surface area (Å²) in [5.41, 5.74) is 0.0829. The van der Waals surface area contributed by atoms with Gasteiger partial charge in [0.15, 0.2) is 5.69 Å². The van der Waals surface area contributed by atoms with E-state index < -0.39 is 11.9 Å². The minimum absolute atomic E-state index is 0. The topological polar surface area (TPSA) is 40.7 Å². The highest BCUT2D eigenvalue weighted by atomic mass is 35.5. The summed E-state index contributed by atoms with van der Waals surface area (Å²) in [5.74, 6) is 0. The molecule has 14 heavy (non-hydrogen) atoms. The Hall–Kier alpha value is -0.750. The monoisotopic (exact) mass is 227 g/mol. The van der Waals surface area contributed by atoms with E-state index >= 15 is 0 Å². The number of aromatic nitrogens is 2. The van der Waals surface area contributed by atoms with E-state index in [1.807, 2.05) is 0 Å². The summed E-state index contributed by atoms with van der Waals surface area (Å²) in [4.78, 5) is 0. The standard InChI is InChI=1S/C7H8F3N3.ClH/c8-7(9,10)6-4-3-11-2-1-5(4)12-13-6;/h11H,1-3H2,(H,12,13);1H. The van der Waals surface area contributed by atoms with Crippen molar-refractivity contribution in [3.63, 3.8) is 0 Å². The van der Waals surface area contributed by atoms with Gasteiger partial charge in [0.25, 0.3) is 0 Å². The molecule has 0 amide bonds. The first kappa shape index (κ1) is 11.3. The van der Waals surface area contributed by atoms with E-state index in [0.717, 1.165) is 0 Å². The van der Waals surface area contributed by atoms with Gasteiger partial charge in [-0.3, -0.25) is 5.10 Å². The van der Waals surface area contributed by atoms with Crippen LogP contribution in [0.15, 0.2) is 0 Å². The normalized spacial score (nSPS) is 15.9. The molecular weight excluding hydrogens is 219 g/mol. The van der Waals surface area contributed by atoms with Crippen LogP contribution < -0.4 is 5.32 Å². The Labute approximate surface area is 84.5 Å². The van der Waals surface area contributed by atoms with Crippen molar-refractivity contribution in [2.45, 2.75) is 19.1 Å². The van der Waals surface area contributed by atoms with Gasteiger partial charge in [0.2, 0.25) is 0 Å². The molecule has 0 bridgehead atoms. The van der Waals surface area contributed by atoms with E-state index in [9.17, 15) is 13.2 Å². The quantitative estimate of drug-likeness (QED) is 0.705. The summed E-state index contributed by atoms with van der Waals surface area (Å²) in [6.07, 6.45) is -3.76. The Morgan fingerprint density at radius 3 is 2.64 bits per heavy atom. The first-order chi connectivity index (χ1) is 6.09. The third kappa shape index (κ3) is 1.85. The molecule has 0 fully saturated rings. The van der Waals surface area contributed by atoms with Crippen molar-refractivity contribution in [1.82, 2.24) is 15.5 Å². The van der Waals surface area contributed by atoms with Crippen molar-refractivity contribution in [3.05, 3.63) is 17.0 Å². The van der Waals surface area contributed by atoms with Gasteiger partial charge in [-0.05, 0) is 0 Å². The smallest absolute Gasteiger partial charge is 0.312 e. The Bertz CT molecular complexity index is 320. The third-order valence-electron chi connectivity index (χ3n) is 2.07. The van der Waals surface area contributed by atoms with Gasteiger partial charge in [-0.25, -0.2) is 0 Å². The molecule has 7 heteroatoms. The Balaban J connectivity index is 0.000000980. The number of nitrogens with zero attached hydrogens (tertiary/aromatic N) is 1. The van der Waals surface area contributed by atoms with Crippen LogP contribution in [-0.2, 0) is 19.1 Å². The second kappa shape index (κ2) is 3.78. The summed E-state index contributed by atoms with van der Waals surface area (Å²) >= 11 is 0. The highest BCUT2D eigenvalue weighted by Crippen LogP contribution is 2.32. The lowest BCUT2D eigenvalue weighted by atomic mass is 10.1. The molecule has 0 spiro atoms. The minimum atomic E-state index is -4.34. The predicted octanol–water partition coefficient (Wildman–Crippen LogP) is 1.50. The van der Waals surface area contributed by atoms with Gasteiger partial charge in [0.05, 0.1) is 0 Å². The molecule has 0 radical (unpaired) electrons. The lowest BCUT2D eigenvalue weighted by Gasteiger charge is -2.13. The van der Waals surface area contributed by atoms with Crippen LogP contribution in [0.3, 0.4) is 0 Å². The van der Waals surface area contributed by atoms with Gasteiger partial charge >= 0.3 is 6.18 Å². The number of H-pyrrole nitrogens is 1. The minimum Gasteiger partial charge on any atom is -0.312 e. The van der Waals surface area contributed by atoms with Crippen LogP contribution in [0.5, 0.6) is 0 Å². The maximum Gasteiger partial charge on any atom is 0.435 e. The summed E-state index contributed by atoms with van der Waals surface area (Å²) in [6, 6.07) is 0. The van der Waals surface area contributed by atoms with E-state index in [2.05, 4.69) is 15.5 Å². The number of halogens is 4. The van der Waals surface area contributed by atoms with Crippen LogP contribution in [-0.4, -0.2) is 16.7 Å². The van der Waals surface area contributed by atoms with E-state index in [4.69, 9.17) is 0 Å². The first-order valence-corrected chi connectivity index (χ1v) is 3.93. The zero-order valence-corrected chi connectivity index (χ0v) is 7.93. The van der Waals surface area contributed by atoms with Crippen LogP contribution in [0.1, 0.15) is 17.0 Å². The van der Waals surface area contributed by atoms with Crippen molar-refractivity contribution in [3.8, 4) is 0 Å². The fourth-order valence-electron chi connectivity index (χ4n) is 1.46. The lowest BCUT2D eigenvalue weighted by Crippen LogP contribution is -2.25. The summed E-state index contributed by atoms with van der Waals surface area (Å²) < 4.78 is 36.9. The molecule has 1 aliphatic rings. The third-order valence-corrected chi connectivity index (χ3v) is 2.07. The maximum atomic E-state index is 12.3. The van der Waals surface area contributed by atoms with Gasteiger partial charge in [0.1, 0.15) is 0 Å². The number of hydrogen-bond acceptors (Lipinski definition) is 2. The van der Waals surface area contributed by atoms with Gasteiger partial charge < -0.3 is 5.32 Å². The molecule has 3 nitrogen and oxygen atoms in total. The number of alkyl halides is 3. The molecule has 0 saturated heterocycles. The van der Waals surface area contributed by atoms with Crippen LogP contribution in [0.4, 0.5) is 13.2 Å². The molecule has 2 N–H and O–H groups in total. The van der Waals surface area contributed by atoms with Crippen LogP contribution in [0, 0.1) is 0 Å². The second-order valence-electron chi connectivity index (χ2n) is 2.95. The number of fused-ring (bicyclic) bond motifs is 1. The summed E-state index contributed by atoms with van der Waals surface area (Å²) in [7, 11) is 0. The zero-order chi connectivity index (χ0) is 9.47. The van der Waals surface area contributed by atoms with E-state index in [1.165, 1.54) is 0 Å². The van der Waals surface area contributed by atoms with Crippen molar-refractivity contribution >= 4 is 12.4 Å².